The van der Waals surface area contributed by atoms with Crippen molar-refractivity contribution >= 4 is 5.97 Å². The second-order valence-corrected chi connectivity index (χ2v) is 6.72. The summed E-state index contributed by atoms with van der Waals surface area (Å²) in [5, 5.41) is 27.7. The average molecular weight is 351 g/mol. The molecule has 0 amide bonds. The molecule has 0 saturated heterocycles. The largest absolute Gasteiger partial charge is 0.460 e. The molecule has 2 unspecified atom stereocenters. The van der Waals surface area contributed by atoms with Gasteiger partial charge in [0.2, 0.25) is 0 Å². The summed E-state index contributed by atoms with van der Waals surface area (Å²) in [5.41, 5.74) is 0. The molecule has 0 radical (unpaired) electrons. The smallest absolute Gasteiger partial charge is 0.302 e. The molecule has 0 aromatic carbocycles. The van der Waals surface area contributed by atoms with Gasteiger partial charge in [0, 0.05) is 6.92 Å². The van der Waals surface area contributed by atoms with E-state index in [2.05, 4.69) is 6.92 Å². The van der Waals surface area contributed by atoms with Crippen molar-refractivity contribution in [2.45, 2.75) is 103 Å². The van der Waals surface area contributed by atoms with Crippen LogP contribution in [0.15, 0.2) is 0 Å². The van der Waals surface area contributed by atoms with Gasteiger partial charge in [-0.05, 0) is 25.7 Å². The van der Waals surface area contributed by atoms with Gasteiger partial charge in [-0.1, -0.05) is 58.3 Å². The Morgan fingerprint density at radius 1 is 0.920 bits per heavy atom. The number of aliphatic hydroxyl groups is 1. The highest BCUT2D eigenvalue weighted by atomic mass is 16.6. The second-order valence-electron chi connectivity index (χ2n) is 6.72. The number of carbonyl (C=O) groups excluding carboxylic acids is 1. The molecule has 0 bridgehead atoms. The third kappa shape index (κ3) is 13.4. The maximum Gasteiger partial charge on any atom is 0.302 e. The van der Waals surface area contributed by atoms with Crippen LogP contribution in [-0.2, 0) is 9.53 Å². The van der Waals surface area contributed by atoms with E-state index >= 15 is 0 Å². The van der Waals surface area contributed by atoms with Crippen molar-refractivity contribution < 1.29 is 14.6 Å². The van der Waals surface area contributed by atoms with Crippen LogP contribution in [0.3, 0.4) is 0 Å². The normalized spacial score (nSPS) is 13.0. The van der Waals surface area contributed by atoms with E-state index in [0.29, 0.717) is 12.8 Å². The van der Waals surface area contributed by atoms with Gasteiger partial charge in [-0.3, -0.25) is 4.79 Å². The zero-order valence-corrected chi connectivity index (χ0v) is 15.9. The fraction of sp³-hybridized carbons (Fsp3) is 0.850. The molecule has 0 heterocycles. The van der Waals surface area contributed by atoms with Gasteiger partial charge in [-0.2, -0.15) is 10.5 Å². The highest BCUT2D eigenvalue weighted by Crippen LogP contribution is 2.18. The molecule has 1 N–H and O–H groups in total. The van der Waals surface area contributed by atoms with Crippen LogP contribution >= 0.6 is 0 Å². The Bertz CT molecular complexity index is 412. The first-order valence-corrected chi connectivity index (χ1v) is 9.69. The summed E-state index contributed by atoms with van der Waals surface area (Å²) < 4.78 is 5.30. The zero-order chi connectivity index (χ0) is 18.9. The minimum Gasteiger partial charge on any atom is -0.460 e. The van der Waals surface area contributed by atoms with E-state index in [4.69, 9.17) is 15.3 Å². The van der Waals surface area contributed by atoms with Crippen LogP contribution in [0.4, 0.5) is 0 Å². The van der Waals surface area contributed by atoms with E-state index in [1.165, 1.54) is 26.2 Å². The number of rotatable bonds is 15. The second kappa shape index (κ2) is 15.9. The number of carbonyl (C=O) groups is 1. The Balaban J connectivity index is 3.97. The van der Waals surface area contributed by atoms with E-state index in [9.17, 15) is 9.90 Å². The monoisotopic (exact) mass is 350 g/mol. The van der Waals surface area contributed by atoms with Crippen LogP contribution in [0.25, 0.3) is 0 Å². The molecule has 0 rings (SSSR count). The molecule has 0 aromatic rings. The number of unbranched alkanes of at least 4 members (excludes halogenated alkanes) is 7. The lowest BCUT2D eigenvalue weighted by Gasteiger charge is -2.22. The van der Waals surface area contributed by atoms with Crippen molar-refractivity contribution in [3.8, 4) is 12.1 Å². The molecule has 142 valence electrons. The summed E-state index contributed by atoms with van der Waals surface area (Å²) in [7, 11) is 0. The van der Waals surface area contributed by atoms with Gasteiger partial charge in [-0.25, -0.2) is 0 Å². The van der Waals surface area contributed by atoms with E-state index in [1.807, 2.05) is 12.1 Å². The Labute approximate surface area is 153 Å². The van der Waals surface area contributed by atoms with Gasteiger partial charge in [0.25, 0.3) is 0 Å². The fourth-order valence-electron chi connectivity index (χ4n) is 2.89. The van der Waals surface area contributed by atoms with Crippen molar-refractivity contribution in [2.75, 3.05) is 0 Å². The minimum atomic E-state index is -0.610. The molecule has 0 fully saturated rings. The van der Waals surface area contributed by atoms with Crippen LogP contribution in [0.5, 0.6) is 0 Å². The van der Waals surface area contributed by atoms with Gasteiger partial charge in [0.1, 0.15) is 12.0 Å². The molecule has 25 heavy (non-hydrogen) atoms. The maximum absolute atomic E-state index is 11.2. The van der Waals surface area contributed by atoms with Crippen molar-refractivity contribution in [1.82, 2.24) is 0 Å². The van der Waals surface area contributed by atoms with Gasteiger partial charge >= 0.3 is 5.97 Å². The Morgan fingerprint density at radius 2 is 1.44 bits per heavy atom. The van der Waals surface area contributed by atoms with Crippen LogP contribution in [0.1, 0.15) is 90.9 Å². The molecule has 0 aromatic heterocycles. The number of aliphatic hydroxyl groups excluding tert-OH is 1. The first-order valence-electron chi connectivity index (χ1n) is 9.69. The number of nitrogens with zero attached hydrogens (tertiary/aromatic N) is 2. The molecule has 0 aliphatic carbocycles. The lowest BCUT2D eigenvalue weighted by atomic mass is 9.98. The lowest BCUT2D eigenvalue weighted by Crippen LogP contribution is -2.30. The number of hydrogen-bond donors (Lipinski definition) is 1. The Hall–Kier alpha value is -1.59. The first-order chi connectivity index (χ1) is 12.0. The maximum atomic E-state index is 11.2. The molecule has 2 atom stereocenters. The molecular formula is C20H34N2O3. The summed E-state index contributed by atoms with van der Waals surface area (Å²) in [6.07, 6.45) is 10.2. The number of nitriles is 2. The number of esters is 1. The number of ether oxygens (including phenoxy) is 1. The highest BCUT2D eigenvalue weighted by molar-refractivity contribution is 5.66. The SMILES string of the molecule is CCCCCCCC(OC(C)=O)C(O)CCCCCCC(C#N)C#N. The van der Waals surface area contributed by atoms with Crippen molar-refractivity contribution in [2.24, 2.45) is 5.92 Å². The van der Waals surface area contributed by atoms with Crippen molar-refractivity contribution in [3.63, 3.8) is 0 Å². The van der Waals surface area contributed by atoms with E-state index in [0.717, 1.165) is 44.9 Å². The van der Waals surface area contributed by atoms with E-state index < -0.39 is 18.1 Å². The third-order valence-corrected chi connectivity index (χ3v) is 4.39. The summed E-state index contributed by atoms with van der Waals surface area (Å²) >= 11 is 0. The Morgan fingerprint density at radius 3 is 1.96 bits per heavy atom. The Kier molecular flexibility index (Phi) is 14.9. The summed E-state index contributed by atoms with van der Waals surface area (Å²) in [4.78, 5) is 11.2. The zero-order valence-electron chi connectivity index (χ0n) is 15.9. The predicted octanol–water partition coefficient (Wildman–Crippen LogP) is 4.64. The molecule has 0 aliphatic rings. The standard InChI is InChI=1S/C20H34N2O3/c1-3-4-5-6-11-14-20(25-17(2)23)19(24)13-10-8-7-9-12-18(15-21)16-22/h18-20,24H,3-14H2,1-2H3. The third-order valence-electron chi connectivity index (χ3n) is 4.39. The summed E-state index contributed by atoms with van der Waals surface area (Å²) in [6, 6.07) is 3.95. The summed E-state index contributed by atoms with van der Waals surface area (Å²) in [5.74, 6) is -0.844. The highest BCUT2D eigenvalue weighted by Gasteiger charge is 2.21. The minimum absolute atomic E-state index is 0.336. The first kappa shape index (κ1) is 23.4. The van der Waals surface area contributed by atoms with Crippen molar-refractivity contribution in [3.05, 3.63) is 0 Å². The van der Waals surface area contributed by atoms with E-state index in [1.54, 1.807) is 0 Å². The average Bonchev–Trinajstić information content (AvgIpc) is 2.59. The van der Waals surface area contributed by atoms with Crippen LogP contribution in [-0.4, -0.2) is 23.3 Å². The van der Waals surface area contributed by atoms with Crippen LogP contribution < -0.4 is 0 Å². The van der Waals surface area contributed by atoms with Gasteiger partial charge < -0.3 is 9.84 Å². The molecule has 5 nitrogen and oxygen atoms in total. The predicted molar refractivity (Wildman–Crippen MR) is 97.4 cm³/mol. The van der Waals surface area contributed by atoms with Crippen molar-refractivity contribution in [1.29, 1.82) is 10.5 Å². The van der Waals surface area contributed by atoms with Crippen LogP contribution in [0.2, 0.25) is 0 Å². The molecule has 0 aliphatic heterocycles. The van der Waals surface area contributed by atoms with Gasteiger partial charge in [0.15, 0.2) is 0 Å². The number of hydrogen-bond acceptors (Lipinski definition) is 5. The van der Waals surface area contributed by atoms with Gasteiger partial charge in [-0.15, -0.1) is 0 Å². The topological polar surface area (TPSA) is 94.1 Å². The lowest BCUT2D eigenvalue weighted by molar-refractivity contribution is -0.153. The molecule has 0 spiro atoms. The van der Waals surface area contributed by atoms with Crippen LogP contribution in [0, 0.1) is 28.6 Å². The quantitative estimate of drug-likeness (QED) is 0.343. The molecule has 5 heteroatoms. The summed E-state index contributed by atoms with van der Waals surface area (Å²) in [6.45, 7) is 3.56. The molecular weight excluding hydrogens is 316 g/mol. The molecule has 0 saturated carbocycles. The van der Waals surface area contributed by atoms with E-state index in [-0.39, 0.29) is 5.97 Å². The fourth-order valence-corrected chi connectivity index (χ4v) is 2.89. The van der Waals surface area contributed by atoms with Gasteiger partial charge in [0.05, 0.1) is 18.2 Å².